The third kappa shape index (κ3) is 4.80. The number of Topliss-reactive ketones (excluding diaryl/α,β-unsaturated/α-hetero) is 2. The lowest BCUT2D eigenvalue weighted by molar-refractivity contribution is -0.757. The van der Waals surface area contributed by atoms with E-state index in [0.29, 0.717) is 30.4 Å². The second kappa shape index (κ2) is 8.92. The quantitative estimate of drug-likeness (QED) is 0.262. The SMILES string of the molecule is COC1=C(OC)C(=O)C(CCCCCCO[N+](=O)[O-])=C(C)C1=O. The molecule has 0 atom stereocenters. The molecule has 23 heavy (non-hydrogen) atoms. The van der Waals surface area contributed by atoms with Gasteiger partial charge >= 0.3 is 0 Å². The minimum absolute atomic E-state index is 0.0579. The first kappa shape index (κ1) is 18.7. The van der Waals surface area contributed by atoms with Gasteiger partial charge in [0.15, 0.2) is 0 Å². The normalized spacial score (nSPS) is 15.1. The Morgan fingerprint density at radius 2 is 1.52 bits per heavy atom. The van der Waals surface area contributed by atoms with Gasteiger partial charge in [-0.05, 0) is 26.2 Å². The standard InChI is InChI=1S/C15H21NO7/c1-10-11(8-6-4-5-7-9-23-16(19)20)13(18)15(22-3)14(21-2)12(10)17/h4-9H2,1-3H3. The first-order chi connectivity index (χ1) is 10.9. The van der Waals surface area contributed by atoms with Crippen molar-refractivity contribution >= 4 is 11.6 Å². The molecular weight excluding hydrogens is 306 g/mol. The van der Waals surface area contributed by atoms with Crippen LogP contribution in [0.4, 0.5) is 0 Å². The predicted octanol–water partition coefficient (Wildman–Crippen LogP) is 2.12. The number of carbonyl (C=O) groups is 2. The highest BCUT2D eigenvalue weighted by molar-refractivity contribution is 6.23. The second-order valence-corrected chi connectivity index (χ2v) is 5.05. The van der Waals surface area contributed by atoms with Crippen LogP contribution in [0.5, 0.6) is 0 Å². The van der Waals surface area contributed by atoms with Crippen molar-refractivity contribution in [3.05, 3.63) is 32.8 Å². The molecule has 0 aromatic heterocycles. The van der Waals surface area contributed by atoms with Crippen molar-refractivity contribution < 1.29 is 29.0 Å². The second-order valence-electron chi connectivity index (χ2n) is 5.05. The van der Waals surface area contributed by atoms with Gasteiger partial charge in [0.2, 0.25) is 23.1 Å². The molecule has 0 radical (unpaired) electrons. The van der Waals surface area contributed by atoms with Gasteiger partial charge in [-0.3, -0.25) is 9.59 Å². The summed E-state index contributed by atoms with van der Waals surface area (Å²) in [5.41, 5.74) is 0.818. The van der Waals surface area contributed by atoms with Crippen LogP contribution in [-0.2, 0) is 23.9 Å². The molecule has 0 amide bonds. The third-order valence-electron chi connectivity index (χ3n) is 3.61. The van der Waals surface area contributed by atoms with Gasteiger partial charge in [0, 0.05) is 11.1 Å². The van der Waals surface area contributed by atoms with Gasteiger partial charge in [-0.25, -0.2) is 0 Å². The molecule has 0 spiro atoms. The lowest BCUT2D eigenvalue weighted by atomic mass is 9.89. The Hall–Kier alpha value is -2.38. The average Bonchev–Trinajstić information content (AvgIpc) is 2.52. The number of allylic oxidation sites excluding steroid dienone is 2. The first-order valence-electron chi connectivity index (χ1n) is 7.32. The summed E-state index contributed by atoms with van der Waals surface area (Å²) in [5.74, 6) is -0.773. The summed E-state index contributed by atoms with van der Waals surface area (Å²) in [5, 5.41) is 9.18. The highest BCUT2D eigenvalue weighted by Gasteiger charge is 2.34. The van der Waals surface area contributed by atoms with Gasteiger partial charge in [0.05, 0.1) is 20.8 Å². The Morgan fingerprint density at radius 3 is 2.09 bits per heavy atom. The predicted molar refractivity (Wildman–Crippen MR) is 79.8 cm³/mol. The van der Waals surface area contributed by atoms with Crippen LogP contribution in [0, 0.1) is 10.1 Å². The topological polar surface area (TPSA) is 105 Å². The van der Waals surface area contributed by atoms with Crippen molar-refractivity contribution in [2.45, 2.75) is 39.0 Å². The Bertz CT molecular complexity index is 548. The molecule has 1 aliphatic rings. The van der Waals surface area contributed by atoms with Crippen molar-refractivity contribution in [3.63, 3.8) is 0 Å². The number of methoxy groups -OCH3 is 2. The highest BCUT2D eigenvalue weighted by Crippen LogP contribution is 2.28. The molecule has 1 rings (SSSR count). The van der Waals surface area contributed by atoms with Crippen LogP contribution in [0.3, 0.4) is 0 Å². The Labute approximate surface area is 134 Å². The molecule has 0 saturated carbocycles. The van der Waals surface area contributed by atoms with Gasteiger partial charge < -0.3 is 14.3 Å². The molecule has 0 unspecified atom stereocenters. The Kier molecular flexibility index (Phi) is 7.24. The van der Waals surface area contributed by atoms with E-state index in [9.17, 15) is 19.7 Å². The zero-order valence-electron chi connectivity index (χ0n) is 13.5. The molecule has 1 aliphatic carbocycles. The van der Waals surface area contributed by atoms with Crippen LogP contribution in [0.2, 0.25) is 0 Å². The molecule has 0 saturated heterocycles. The summed E-state index contributed by atoms with van der Waals surface area (Å²) in [6.07, 6.45) is 3.25. The van der Waals surface area contributed by atoms with E-state index >= 15 is 0 Å². The van der Waals surface area contributed by atoms with Crippen LogP contribution in [0.15, 0.2) is 22.7 Å². The van der Waals surface area contributed by atoms with E-state index in [4.69, 9.17) is 9.47 Å². The molecule has 128 valence electrons. The zero-order valence-corrected chi connectivity index (χ0v) is 13.5. The van der Waals surface area contributed by atoms with E-state index in [0.717, 1.165) is 12.8 Å². The summed E-state index contributed by atoms with van der Waals surface area (Å²) >= 11 is 0. The van der Waals surface area contributed by atoms with Gasteiger partial charge in [-0.15, -0.1) is 10.1 Å². The molecule has 8 nitrogen and oxygen atoms in total. The monoisotopic (exact) mass is 327 g/mol. The molecule has 8 heteroatoms. The highest BCUT2D eigenvalue weighted by atomic mass is 16.9. The van der Waals surface area contributed by atoms with Gasteiger partial charge in [0.25, 0.3) is 5.09 Å². The Balaban J connectivity index is 2.53. The van der Waals surface area contributed by atoms with E-state index in [1.165, 1.54) is 14.2 Å². The maximum Gasteiger partial charge on any atom is 0.294 e. The fraction of sp³-hybridized carbons (Fsp3) is 0.600. The zero-order chi connectivity index (χ0) is 17.4. The van der Waals surface area contributed by atoms with Crippen LogP contribution >= 0.6 is 0 Å². The van der Waals surface area contributed by atoms with Crippen LogP contribution in [0.1, 0.15) is 39.0 Å². The van der Waals surface area contributed by atoms with Gasteiger partial charge in [-0.2, -0.15) is 0 Å². The number of carbonyl (C=O) groups excluding carboxylic acids is 2. The molecule has 0 aromatic rings. The van der Waals surface area contributed by atoms with E-state index in [1.807, 2.05) is 0 Å². The number of hydrogen-bond donors (Lipinski definition) is 0. The van der Waals surface area contributed by atoms with Crippen molar-refractivity contribution in [1.29, 1.82) is 0 Å². The number of nitrogens with zero attached hydrogens (tertiary/aromatic N) is 1. The number of unbranched alkanes of at least 4 members (excludes halogenated alkanes) is 3. The molecule has 0 N–H and O–H groups in total. The van der Waals surface area contributed by atoms with Gasteiger partial charge in [0.1, 0.15) is 0 Å². The summed E-state index contributed by atoms with van der Waals surface area (Å²) in [6.45, 7) is 1.67. The van der Waals surface area contributed by atoms with E-state index < -0.39 is 5.09 Å². The number of ketones is 2. The number of rotatable bonds is 10. The number of hydrogen-bond acceptors (Lipinski definition) is 7. The molecular formula is C15H21NO7. The maximum absolute atomic E-state index is 12.4. The van der Waals surface area contributed by atoms with E-state index in [2.05, 4.69) is 4.84 Å². The molecule has 0 aliphatic heterocycles. The van der Waals surface area contributed by atoms with E-state index in [-0.39, 0.29) is 29.7 Å². The molecule has 0 aromatic carbocycles. The van der Waals surface area contributed by atoms with Crippen LogP contribution in [0.25, 0.3) is 0 Å². The fourth-order valence-corrected chi connectivity index (χ4v) is 2.39. The average molecular weight is 327 g/mol. The minimum Gasteiger partial charge on any atom is -0.489 e. The molecule has 0 fully saturated rings. The van der Waals surface area contributed by atoms with Crippen molar-refractivity contribution in [1.82, 2.24) is 0 Å². The lowest BCUT2D eigenvalue weighted by Gasteiger charge is -2.20. The fourth-order valence-electron chi connectivity index (χ4n) is 2.39. The van der Waals surface area contributed by atoms with Crippen LogP contribution in [-0.4, -0.2) is 37.5 Å². The van der Waals surface area contributed by atoms with Crippen molar-refractivity contribution in [3.8, 4) is 0 Å². The third-order valence-corrected chi connectivity index (χ3v) is 3.61. The molecule has 0 bridgehead atoms. The molecule has 0 heterocycles. The van der Waals surface area contributed by atoms with Crippen molar-refractivity contribution in [2.24, 2.45) is 0 Å². The summed E-state index contributed by atoms with van der Waals surface area (Å²) in [6, 6.07) is 0. The summed E-state index contributed by atoms with van der Waals surface area (Å²) in [7, 11) is 2.65. The van der Waals surface area contributed by atoms with Crippen molar-refractivity contribution in [2.75, 3.05) is 20.8 Å². The summed E-state index contributed by atoms with van der Waals surface area (Å²) < 4.78 is 9.97. The number of ether oxygens (including phenoxy) is 2. The van der Waals surface area contributed by atoms with Crippen LogP contribution < -0.4 is 0 Å². The Morgan fingerprint density at radius 1 is 0.957 bits per heavy atom. The van der Waals surface area contributed by atoms with Gasteiger partial charge in [-0.1, -0.05) is 12.8 Å². The maximum atomic E-state index is 12.4. The lowest BCUT2D eigenvalue weighted by Crippen LogP contribution is -2.25. The largest absolute Gasteiger partial charge is 0.489 e. The minimum atomic E-state index is -0.813. The first-order valence-corrected chi connectivity index (χ1v) is 7.32. The van der Waals surface area contributed by atoms with E-state index in [1.54, 1.807) is 6.92 Å². The smallest absolute Gasteiger partial charge is 0.294 e. The summed E-state index contributed by atoms with van der Waals surface area (Å²) in [4.78, 5) is 38.7.